The predicted molar refractivity (Wildman–Crippen MR) is 68.7 cm³/mol. The summed E-state index contributed by atoms with van der Waals surface area (Å²) in [6.45, 7) is 7.95. The summed E-state index contributed by atoms with van der Waals surface area (Å²) >= 11 is 0. The summed E-state index contributed by atoms with van der Waals surface area (Å²) in [4.78, 5) is 14.2. The molecule has 1 aliphatic heterocycles. The highest BCUT2D eigenvalue weighted by Gasteiger charge is 2.29. The lowest BCUT2D eigenvalue weighted by Gasteiger charge is -2.37. The highest BCUT2D eigenvalue weighted by atomic mass is 16.3. The minimum Gasteiger partial charge on any atom is -0.396 e. The Morgan fingerprint density at radius 1 is 1.41 bits per heavy atom. The summed E-state index contributed by atoms with van der Waals surface area (Å²) in [5.74, 6) is 0.601. The summed E-state index contributed by atoms with van der Waals surface area (Å²) in [5.41, 5.74) is -0.331. The molecular weight excluding hydrogens is 216 g/mol. The Balaban J connectivity index is 2.50. The second-order valence-electron chi connectivity index (χ2n) is 6.26. The number of hydrogen-bond donors (Lipinski definition) is 2. The van der Waals surface area contributed by atoms with Crippen LogP contribution in [-0.4, -0.2) is 48.7 Å². The number of piperidine rings is 1. The molecule has 2 N–H and O–H groups in total. The van der Waals surface area contributed by atoms with Crippen molar-refractivity contribution in [2.75, 3.05) is 26.7 Å². The quantitative estimate of drug-likeness (QED) is 0.771. The van der Waals surface area contributed by atoms with Crippen LogP contribution in [0.25, 0.3) is 0 Å². The lowest BCUT2D eigenvalue weighted by atomic mass is 9.90. The van der Waals surface area contributed by atoms with Crippen molar-refractivity contribution in [2.24, 2.45) is 11.3 Å². The Morgan fingerprint density at radius 2 is 2.06 bits per heavy atom. The number of rotatable bonds is 3. The minimum atomic E-state index is -0.331. The maximum absolute atomic E-state index is 11.9. The molecule has 1 rings (SSSR count). The molecule has 100 valence electrons. The lowest BCUT2D eigenvalue weighted by Crippen LogP contribution is -2.51. The van der Waals surface area contributed by atoms with Gasteiger partial charge in [0.1, 0.15) is 0 Å². The molecular formula is C13H26N2O2. The van der Waals surface area contributed by atoms with Gasteiger partial charge in [0.05, 0.1) is 0 Å². The van der Waals surface area contributed by atoms with Crippen molar-refractivity contribution < 1.29 is 9.90 Å². The van der Waals surface area contributed by atoms with Crippen LogP contribution in [0.4, 0.5) is 0 Å². The Kier molecular flexibility index (Phi) is 4.95. The first-order valence-electron chi connectivity index (χ1n) is 6.43. The zero-order valence-corrected chi connectivity index (χ0v) is 11.5. The zero-order valence-electron chi connectivity index (χ0n) is 11.5. The summed E-state index contributed by atoms with van der Waals surface area (Å²) in [6.07, 6.45) is 1.80. The molecule has 0 aromatic carbocycles. The van der Waals surface area contributed by atoms with Crippen LogP contribution in [0.1, 0.15) is 33.6 Å². The molecule has 1 amide bonds. The fourth-order valence-corrected chi connectivity index (χ4v) is 2.34. The van der Waals surface area contributed by atoms with Gasteiger partial charge in [-0.1, -0.05) is 20.8 Å². The number of likely N-dealkylation sites (N-methyl/N-ethyl adjacent to an activating group) is 1. The van der Waals surface area contributed by atoms with Crippen molar-refractivity contribution in [3.05, 3.63) is 0 Å². The van der Waals surface area contributed by atoms with Crippen molar-refractivity contribution >= 4 is 5.91 Å². The van der Waals surface area contributed by atoms with Gasteiger partial charge in [0, 0.05) is 31.2 Å². The van der Waals surface area contributed by atoms with E-state index >= 15 is 0 Å². The molecule has 4 heteroatoms. The van der Waals surface area contributed by atoms with Crippen molar-refractivity contribution in [3.63, 3.8) is 0 Å². The van der Waals surface area contributed by atoms with E-state index in [-0.39, 0.29) is 24.0 Å². The van der Waals surface area contributed by atoms with E-state index in [0.29, 0.717) is 5.92 Å². The molecule has 4 nitrogen and oxygen atoms in total. The summed E-state index contributed by atoms with van der Waals surface area (Å²) in [5, 5.41) is 12.1. The van der Waals surface area contributed by atoms with E-state index in [1.165, 1.54) is 0 Å². The van der Waals surface area contributed by atoms with Crippen molar-refractivity contribution in [2.45, 2.75) is 39.7 Å². The van der Waals surface area contributed by atoms with Crippen molar-refractivity contribution in [3.8, 4) is 0 Å². The molecule has 17 heavy (non-hydrogen) atoms. The van der Waals surface area contributed by atoms with Gasteiger partial charge < -0.3 is 15.3 Å². The number of amides is 1. The van der Waals surface area contributed by atoms with Crippen LogP contribution in [0.5, 0.6) is 0 Å². The van der Waals surface area contributed by atoms with Crippen LogP contribution < -0.4 is 5.32 Å². The van der Waals surface area contributed by atoms with Gasteiger partial charge in [0.2, 0.25) is 5.91 Å². The summed E-state index contributed by atoms with van der Waals surface area (Å²) in [7, 11) is 2.07. The molecule has 1 aliphatic rings. The van der Waals surface area contributed by atoms with Gasteiger partial charge in [-0.15, -0.1) is 0 Å². The van der Waals surface area contributed by atoms with Gasteiger partial charge in [-0.25, -0.2) is 0 Å². The number of nitrogens with one attached hydrogen (secondary N) is 1. The largest absolute Gasteiger partial charge is 0.396 e. The van der Waals surface area contributed by atoms with Gasteiger partial charge in [-0.2, -0.15) is 0 Å². The average molecular weight is 242 g/mol. The van der Waals surface area contributed by atoms with Crippen LogP contribution in [0.15, 0.2) is 0 Å². The molecule has 0 bridgehead atoms. The van der Waals surface area contributed by atoms with E-state index in [1.54, 1.807) is 0 Å². The van der Waals surface area contributed by atoms with Crippen LogP contribution in [0.2, 0.25) is 0 Å². The summed E-state index contributed by atoms with van der Waals surface area (Å²) < 4.78 is 0. The normalized spacial score (nSPS) is 26.9. The molecule has 2 atom stereocenters. The van der Waals surface area contributed by atoms with Crippen LogP contribution in [0, 0.1) is 11.3 Å². The molecule has 1 saturated heterocycles. The second kappa shape index (κ2) is 5.83. The van der Waals surface area contributed by atoms with Gasteiger partial charge >= 0.3 is 0 Å². The minimum absolute atomic E-state index is 0.112. The molecule has 0 aromatic heterocycles. The molecule has 0 aromatic rings. The van der Waals surface area contributed by atoms with Gasteiger partial charge in [-0.05, 0) is 25.8 Å². The monoisotopic (exact) mass is 242 g/mol. The summed E-state index contributed by atoms with van der Waals surface area (Å²) in [6, 6.07) is 0.219. The average Bonchev–Trinajstić information content (AvgIpc) is 2.15. The number of carbonyl (C=O) groups excluding carboxylic acids is 1. The van der Waals surface area contributed by atoms with Crippen LogP contribution in [-0.2, 0) is 4.79 Å². The fourth-order valence-electron chi connectivity index (χ4n) is 2.34. The first-order valence-corrected chi connectivity index (χ1v) is 6.43. The van der Waals surface area contributed by atoms with E-state index in [4.69, 9.17) is 5.11 Å². The fraction of sp³-hybridized carbons (Fsp3) is 0.923. The predicted octanol–water partition coefficient (Wildman–Crippen LogP) is 0.851. The molecule has 0 saturated carbocycles. The standard InChI is InChI=1S/C13H26N2O2/c1-13(2,3)12(17)14-11-7-10(5-6-16)8-15(4)9-11/h10-11,16H,5-9H2,1-4H3,(H,14,17). The number of likely N-dealkylation sites (tertiary alicyclic amines) is 1. The molecule has 1 fully saturated rings. The Labute approximate surface area is 104 Å². The zero-order chi connectivity index (χ0) is 13.1. The van der Waals surface area contributed by atoms with E-state index in [1.807, 2.05) is 20.8 Å². The number of nitrogens with zero attached hydrogens (tertiary/aromatic N) is 1. The molecule has 0 radical (unpaired) electrons. The third-order valence-corrected chi connectivity index (χ3v) is 3.27. The number of aliphatic hydroxyl groups excluding tert-OH is 1. The number of aliphatic hydroxyl groups is 1. The highest BCUT2D eigenvalue weighted by Crippen LogP contribution is 2.20. The molecule has 0 spiro atoms. The van der Waals surface area contributed by atoms with Gasteiger partial charge in [0.15, 0.2) is 0 Å². The topological polar surface area (TPSA) is 52.6 Å². The first-order chi connectivity index (χ1) is 7.82. The first kappa shape index (κ1) is 14.5. The van der Waals surface area contributed by atoms with E-state index in [0.717, 1.165) is 25.9 Å². The SMILES string of the molecule is CN1CC(CCO)CC(NC(=O)C(C)(C)C)C1. The molecule has 2 unspecified atom stereocenters. The Hall–Kier alpha value is -0.610. The number of carbonyl (C=O) groups is 1. The van der Waals surface area contributed by atoms with E-state index < -0.39 is 0 Å². The third kappa shape index (κ3) is 4.64. The molecule has 1 heterocycles. The number of hydrogen-bond acceptors (Lipinski definition) is 3. The van der Waals surface area contributed by atoms with Gasteiger partial charge in [0.25, 0.3) is 0 Å². The molecule has 0 aliphatic carbocycles. The van der Waals surface area contributed by atoms with Crippen LogP contribution >= 0.6 is 0 Å². The van der Waals surface area contributed by atoms with E-state index in [9.17, 15) is 4.79 Å². The van der Waals surface area contributed by atoms with Crippen molar-refractivity contribution in [1.29, 1.82) is 0 Å². The Bertz CT molecular complexity index is 261. The van der Waals surface area contributed by atoms with Gasteiger partial charge in [-0.3, -0.25) is 4.79 Å². The van der Waals surface area contributed by atoms with Crippen LogP contribution in [0.3, 0.4) is 0 Å². The third-order valence-electron chi connectivity index (χ3n) is 3.27. The van der Waals surface area contributed by atoms with Crippen molar-refractivity contribution in [1.82, 2.24) is 10.2 Å². The second-order valence-corrected chi connectivity index (χ2v) is 6.26. The maximum Gasteiger partial charge on any atom is 0.225 e. The lowest BCUT2D eigenvalue weighted by molar-refractivity contribution is -0.129. The smallest absolute Gasteiger partial charge is 0.225 e. The highest BCUT2D eigenvalue weighted by molar-refractivity contribution is 5.81. The van der Waals surface area contributed by atoms with E-state index in [2.05, 4.69) is 17.3 Å². The maximum atomic E-state index is 11.9. The Morgan fingerprint density at radius 3 is 2.59 bits per heavy atom.